The van der Waals surface area contributed by atoms with Crippen molar-refractivity contribution in [2.24, 2.45) is 0 Å². The van der Waals surface area contributed by atoms with Crippen LogP contribution in [0.3, 0.4) is 0 Å². The number of alkyl halides is 2. The molecule has 0 aliphatic carbocycles. The van der Waals surface area contributed by atoms with Crippen LogP contribution in [0.5, 0.6) is 0 Å². The molecule has 4 rings (SSSR count). The number of benzene rings is 2. The fraction of sp³-hybridized carbons (Fsp3) is 0.250. The summed E-state index contributed by atoms with van der Waals surface area (Å²) in [6.45, 7) is 2.97. The van der Waals surface area contributed by atoms with Crippen LogP contribution in [0.15, 0.2) is 54.7 Å². The predicted molar refractivity (Wildman–Crippen MR) is 97.6 cm³/mol. The quantitative estimate of drug-likeness (QED) is 0.637. The fourth-order valence-electron chi connectivity index (χ4n) is 2.92. The Kier molecular flexibility index (Phi) is 4.95. The molecule has 0 amide bonds. The number of anilines is 1. The summed E-state index contributed by atoms with van der Waals surface area (Å²) in [5, 5.41) is 4.02. The van der Waals surface area contributed by atoms with Crippen LogP contribution in [0.25, 0.3) is 10.9 Å². The van der Waals surface area contributed by atoms with Gasteiger partial charge in [-0.25, -0.2) is 8.78 Å². The van der Waals surface area contributed by atoms with Crippen molar-refractivity contribution in [3.63, 3.8) is 0 Å². The molecule has 130 valence electrons. The highest BCUT2D eigenvalue weighted by Crippen LogP contribution is 2.34. The maximum Gasteiger partial charge on any atom is 0.274 e. The number of hydrogen-bond donors (Lipinski definition) is 2. The number of halogens is 2. The minimum absolute atomic E-state index is 0.107. The van der Waals surface area contributed by atoms with E-state index in [1.54, 1.807) is 24.4 Å². The van der Waals surface area contributed by atoms with Crippen molar-refractivity contribution in [1.29, 1.82) is 0 Å². The number of rotatable bonds is 0. The summed E-state index contributed by atoms with van der Waals surface area (Å²) in [7, 11) is 0. The summed E-state index contributed by atoms with van der Waals surface area (Å²) in [4.78, 5) is 4.20. The summed E-state index contributed by atoms with van der Waals surface area (Å²) >= 11 is 0. The van der Waals surface area contributed by atoms with Gasteiger partial charge in [-0.2, -0.15) is 0 Å². The third-order valence-electron chi connectivity index (χ3n) is 4.27. The van der Waals surface area contributed by atoms with Crippen LogP contribution in [-0.2, 0) is 12.5 Å². The van der Waals surface area contributed by atoms with E-state index >= 15 is 0 Å². The molecule has 0 spiro atoms. The molecule has 5 heteroatoms. The fourth-order valence-corrected chi connectivity index (χ4v) is 2.92. The Bertz CT molecular complexity index is 878. The Labute approximate surface area is 145 Å². The van der Waals surface area contributed by atoms with Crippen molar-refractivity contribution in [3.05, 3.63) is 71.4 Å². The maximum absolute atomic E-state index is 13.4. The Morgan fingerprint density at radius 1 is 1.12 bits per heavy atom. The van der Waals surface area contributed by atoms with Crippen LogP contribution >= 0.6 is 0 Å². The second-order valence-corrected chi connectivity index (χ2v) is 6.21. The molecule has 2 aromatic carbocycles. The minimum atomic E-state index is -2.67. The summed E-state index contributed by atoms with van der Waals surface area (Å²) < 4.78 is 26.8. The van der Waals surface area contributed by atoms with Crippen LogP contribution in [0, 0.1) is 6.92 Å². The van der Waals surface area contributed by atoms with Crippen LogP contribution < -0.4 is 11.1 Å². The van der Waals surface area contributed by atoms with Gasteiger partial charge >= 0.3 is 0 Å². The number of hydrogen-bond acceptors (Lipinski definition) is 3. The molecular formula is C20H21F2N3. The van der Waals surface area contributed by atoms with Gasteiger partial charge in [-0.1, -0.05) is 35.9 Å². The van der Waals surface area contributed by atoms with Gasteiger partial charge in [-0.05, 0) is 30.7 Å². The molecule has 0 atom stereocenters. The molecule has 0 bridgehead atoms. The Morgan fingerprint density at radius 2 is 1.92 bits per heavy atom. The van der Waals surface area contributed by atoms with Crippen molar-refractivity contribution in [1.82, 2.24) is 10.3 Å². The Morgan fingerprint density at radius 3 is 2.76 bits per heavy atom. The van der Waals surface area contributed by atoms with Crippen LogP contribution in [-0.4, -0.2) is 11.5 Å². The van der Waals surface area contributed by atoms with Crippen molar-refractivity contribution in [2.75, 3.05) is 12.3 Å². The van der Waals surface area contributed by atoms with Crippen molar-refractivity contribution >= 4 is 16.6 Å². The number of pyridine rings is 1. The number of nitrogens with one attached hydrogen (secondary N) is 1. The highest BCUT2D eigenvalue weighted by Gasteiger charge is 2.34. The normalized spacial score (nSPS) is 15.6. The average molecular weight is 341 g/mol. The summed E-state index contributed by atoms with van der Waals surface area (Å²) in [5.74, 6) is -2.67. The van der Waals surface area contributed by atoms with Gasteiger partial charge in [0.1, 0.15) is 0 Å². The van der Waals surface area contributed by atoms with Crippen molar-refractivity contribution in [2.45, 2.75) is 25.8 Å². The van der Waals surface area contributed by atoms with E-state index in [1.165, 1.54) is 11.6 Å². The molecule has 1 aromatic heterocycles. The molecule has 0 unspecified atom stereocenters. The molecule has 1 aliphatic rings. The highest BCUT2D eigenvalue weighted by molar-refractivity contribution is 5.90. The minimum Gasteiger partial charge on any atom is -0.398 e. The summed E-state index contributed by atoms with van der Waals surface area (Å²) in [6.07, 6.45) is 1.62. The smallest absolute Gasteiger partial charge is 0.274 e. The lowest BCUT2D eigenvalue weighted by Crippen LogP contribution is -2.17. The molecule has 0 fully saturated rings. The van der Waals surface area contributed by atoms with Gasteiger partial charge in [0.25, 0.3) is 5.92 Å². The average Bonchev–Trinajstić information content (AvgIpc) is 2.75. The molecule has 0 saturated carbocycles. The second kappa shape index (κ2) is 7.15. The molecule has 3 N–H and O–H groups in total. The zero-order valence-corrected chi connectivity index (χ0v) is 14.1. The third kappa shape index (κ3) is 3.94. The molecule has 2 heterocycles. The molecule has 0 radical (unpaired) electrons. The first-order valence-corrected chi connectivity index (χ1v) is 8.25. The molecule has 1 aliphatic heterocycles. The second-order valence-electron chi connectivity index (χ2n) is 6.21. The van der Waals surface area contributed by atoms with E-state index in [-0.39, 0.29) is 12.0 Å². The number of nitrogens with zero attached hydrogens (tertiary/aromatic N) is 1. The van der Waals surface area contributed by atoms with Crippen LogP contribution in [0.4, 0.5) is 14.5 Å². The first-order chi connectivity index (χ1) is 12.0. The van der Waals surface area contributed by atoms with E-state index in [0.29, 0.717) is 18.7 Å². The lowest BCUT2D eigenvalue weighted by atomic mass is 10.0. The van der Waals surface area contributed by atoms with E-state index in [0.717, 1.165) is 16.6 Å². The van der Waals surface area contributed by atoms with E-state index in [2.05, 4.69) is 16.4 Å². The largest absolute Gasteiger partial charge is 0.398 e. The highest BCUT2D eigenvalue weighted by atomic mass is 19.3. The topological polar surface area (TPSA) is 50.9 Å². The standard InChI is InChI=1S/C10H11F2N.C10H10N2/c11-10(12)5-6-13-7-8-3-1-2-4-9(8)10;1-7-2-3-10-8(6-7)9(11)4-5-12-10/h1-4,13H,5-7H2;2-6H,1H3,(H2,11,12). The van der Waals surface area contributed by atoms with Gasteiger partial charge in [-0.3, -0.25) is 4.98 Å². The molecule has 3 nitrogen and oxygen atoms in total. The number of nitrogens with two attached hydrogens (primary N) is 1. The van der Waals surface area contributed by atoms with Gasteiger partial charge in [0, 0.05) is 42.3 Å². The zero-order chi connectivity index (χ0) is 17.9. The molecular weight excluding hydrogens is 320 g/mol. The lowest BCUT2D eigenvalue weighted by Gasteiger charge is -2.15. The van der Waals surface area contributed by atoms with Gasteiger partial charge in [0.05, 0.1) is 5.52 Å². The van der Waals surface area contributed by atoms with Gasteiger partial charge in [0.2, 0.25) is 0 Å². The molecule has 25 heavy (non-hydrogen) atoms. The number of aryl methyl sites for hydroxylation is 1. The van der Waals surface area contributed by atoms with Gasteiger partial charge < -0.3 is 11.1 Å². The van der Waals surface area contributed by atoms with E-state index in [9.17, 15) is 8.78 Å². The third-order valence-corrected chi connectivity index (χ3v) is 4.27. The maximum atomic E-state index is 13.4. The first kappa shape index (κ1) is 17.3. The van der Waals surface area contributed by atoms with Crippen LogP contribution in [0.1, 0.15) is 23.1 Å². The van der Waals surface area contributed by atoms with Crippen LogP contribution in [0.2, 0.25) is 0 Å². The summed E-state index contributed by atoms with van der Waals surface area (Å²) in [6, 6.07) is 14.6. The molecule has 0 saturated heterocycles. The number of fused-ring (bicyclic) bond motifs is 2. The zero-order valence-electron chi connectivity index (χ0n) is 14.1. The van der Waals surface area contributed by atoms with Gasteiger partial charge in [0.15, 0.2) is 0 Å². The predicted octanol–water partition coefficient (Wildman–Crippen LogP) is 4.40. The summed E-state index contributed by atoms with van der Waals surface area (Å²) in [5.41, 5.74) is 9.64. The SMILES string of the molecule is Cc1ccc2nccc(N)c2c1.FC1(F)CCNCc2ccccc21. The number of aromatic nitrogens is 1. The van der Waals surface area contributed by atoms with Crippen molar-refractivity contribution < 1.29 is 8.78 Å². The van der Waals surface area contributed by atoms with E-state index < -0.39 is 5.92 Å². The Hall–Kier alpha value is -2.53. The Balaban J connectivity index is 0.000000146. The van der Waals surface area contributed by atoms with Crippen molar-refractivity contribution in [3.8, 4) is 0 Å². The lowest BCUT2D eigenvalue weighted by molar-refractivity contribution is -0.0106. The first-order valence-electron chi connectivity index (χ1n) is 8.25. The monoisotopic (exact) mass is 341 g/mol. The van der Waals surface area contributed by atoms with E-state index in [1.807, 2.05) is 25.1 Å². The van der Waals surface area contributed by atoms with E-state index in [4.69, 9.17) is 5.73 Å². The molecule has 3 aromatic rings. The number of nitrogen functional groups attached to an aromatic ring is 1. The van der Waals surface area contributed by atoms with Gasteiger partial charge in [-0.15, -0.1) is 0 Å².